The Morgan fingerprint density at radius 1 is 1.17 bits per heavy atom. The van der Waals surface area contributed by atoms with Crippen molar-refractivity contribution in [2.24, 2.45) is 23.0 Å². The molecule has 7 heteroatoms. The molecule has 0 bridgehead atoms. The molecule has 1 aromatic rings. The van der Waals surface area contributed by atoms with Gasteiger partial charge in [-0.3, -0.25) is 14.4 Å². The molecule has 0 radical (unpaired) electrons. The maximum Gasteiger partial charge on any atom is 0.308 e. The van der Waals surface area contributed by atoms with Gasteiger partial charge in [-0.15, -0.1) is 0 Å². The Balaban J connectivity index is 1.37. The van der Waals surface area contributed by atoms with Crippen molar-refractivity contribution < 1.29 is 19.5 Å². The summed E-state index contributed by atoms with van der Waals surface area (Å²) in [6, 6.07) is 7.98. The number of likely N-dealkylation sites (tertiary alicyclic amines) is 1. The number of carbonyl (C=O) groups is 3. The van der Waals surface area contributed by atoms with E-state index in [2.05, 4.69) is 36.5 Å². The van der Waals surface area contributed by atoms with E-state index in [4.69, 9.17) is 5.73 Å². The van der Waals surface area contributed by atoms with Crippen molar-refractivity contribution in [1.82, 2.24) is 10.2 Å². The molecule has 4 atom stereocenters. The second-order valence-corrected chi connectivity index (χ2v) is 9.22. The largest absolute Gasteiger partial charge is 0.481 e. The summed E-state index contributed by atoms with van der Waals surface area (Å²) in [5.41, 5.74) is 7.67. The molecule has 7 nitrogen and oxygen atoms in total. The van der Waals surface area contributed by atoms with Crippen molar-refractivity contribution in [3.63, 3.8) is 0 Å². The SMILES string of the molecule is CCc1ccc(C2CCN(C(=O)C3NCC4(CC3C(=O)O)CC4C(N)=O)CC2)cc1. The fourth-order valence-electron chi connectivity index (χ4n) is 5.40. The van der Waals surface area contributed by atoms with Crippen molar-refractivity contribution in [3.8, 4) is 0 Å². The number of aryl methyl sites for hydroxylation is 1. The fraction of sp³-hybridized carbons (Fsp3) is 0.609. The van der Waals surface area contributed by atoms with Crippen LogP contribution in [-0.2, 0) is 20.8 Å². The average Bonchev–Trinajstić information content (AvgIpc) is 3.47. The van der Waals surface area contributed by atoms with Crippen molar-refractivity contribution in [1.29, 1.82) is 0 Å². The maximum absolute atomic E-state index is 13.1. The van der Waals surface area contributed by atoms with E-state index >= 15 is 0 Å². The van der Waals surface area contributed by atoms with Gasteiger partial charge in [0.05, 0.1) is 5.92 Å². The number of nitrogens with one attached hydrogen (secondary N) is 1. The van der Waals surface area contributed by atoms with Gasteiger partial charge in [0.1, 0.15) is 6.04 Å². The second kappa shape index (κ2) is 8.02. The summed E-state index contributed by atoms with van der Waals surface area (Å²) in [6.45, 7) is 3.89. The minimum Gasteiger partial charge on any atom is -0.481 e. The summed E-state index contributed by atoms with van der Waals surface area (Å²) in [5.74, 6) is -2.16. The van der Waals surface area contributed by atoms with Crippen LogP contribution in [0.1, 0.15) is 49.7 Å². The number of hydrogen-bond acceptors (Lipinski definition) is 4. The van der Waals surface area contributed by atoms with Gasteiger partial charge >= 0.3 is 5.97 Å². The number of carboxylic acid groups (broad SMARTS) is 1. The number of benzene rings is 1. The summed E-state index contributed by atoms with van der Waals surface area (Å²) in [4.78, 5) is 38.4. The van der Waals surface area contributed by atoms with Gasteiger partial charge in [0.2, 0.25) is 11.8 Å². The van der Waals surface area contributed by atoms with Crippen LogP contribution in [0.15, 0.2) is 24.3 Å². The molecule has 2 saturated heterocycles. The van der Waals surface area contributed by atoms with Gasteiger partial charge in [0.15, 0.2) is 0 Å². The van der Waals surface area contributed by atoms with Crippen molar-refractivity contribution in [2.75, 3.05) is 19.6 Å². The molecule has 3 aliphatic rings. The van der Waals surface area contributed by atoms with E-state index < -0.39 is 17.9 Å². The van der Waals surface area contributed by atoms with Crippen LogP contribution in [0, 0.1) is 17.3 Å². The number of hydrogen-bond donors (Lipinski definition) is 3. The number of piperidine rings is 2. The van der Waals surface area contributed by atoms with Crippen LogP contribution >= 0.6 is 0 Å². The highest BCUT2D eigenvalue weighted by Gasteiger charge is 2.62. The lowest BCUT2D eigenvalue weighted by molar-refractivity contribution is -0.151. The minimum absolute atomic E-state index is 0.131. The van der Waals surface area contributed by atoms with Crippen LogP contribution in [0.4, 0.5) is 0 Å². The number of nitrogens with two attached hydrogens (primary N) is 1. The number of carbonyl (C=O) groups excluding carboxylic acids is 2. The number of rotatable bonds is 5. The molecular formula is C23H31N3O4. The molecule has 1 aromatic carbocycles. The zero-order valence-corrected chi connectivity index (χ0v) is 17.5. The first-order valence-corrected chi connectivity index (χ1v) is 11.0. The van der Waals surface area contributed by atoms with Crippen molar-refractivity contribution >= 4 is 17.8 Å². The highest BCUT2D eigenvalue weighted by molar-refractivity contribution is 5.89. The van der Waals surface area contributed by atoms with E-state index in [-0.39, 0.29) is 23.1 Å². The number of carboxylic acids is 1. The van der Waals surface area contributed by atoms with Gasteiger partial charge in [-0.2, -0.15) is 0 Å². The second-order valence-electron chi connectivity index (χ2n) is 9.22. The topological polar surface area (TPSA) is 113 Å². The molecule has 2 aliphatic heterocycles. The first-order valence-electron chi connectivity index (χ1n) is 11.0. The number of nitrogens with zero attached hydrogens (tertiary/aromatic N) is 1. The molecule has 3 fully saturated rings. The highest BCUT2D eigenvalue weighted by Crippen LogP contribution is 2.58. The molecule has 1 aliphatic carbocycles. The number of amides is 2. The molecule has 2 amide bonds. The molecule has 0 aromatic heterocycles. The lowest BCUT2D eigenvalue weighted by Crippen LogP contribution is -2.58. The molecule has 1 saturated carbocycles. The summed E-state index contributed by atoms with van der Waals surface area (Å²) in [7, 11) is 0. The van der Waals surface area contributed by atoms with E-state index in [1.165, 1.54) is 11.1 Å². The van der Waals surface area contributed by atoms with Crippen molar-refractivity contribution in [2.45, 2.75) is 51.0 Å². The van der Waals surface area contributed by atoms with Gasteiger partial charge in [0, 0.05) is 25.6 Å². The summed E-state index contributed by atoms with van der Waals surface area (Å²) >= 11 is 0. The monoisotopic (exact) mass is 413 g/mol. The quantitative estimate of drug-likeness (QED) is 0.677. The third-order valence-corrected chi connectivity index (χ3v) is 7.49. The summed E-state index contributed by atoms with van der Waals surface area (Å²) < 4.78 is 0. The lowest BCUT2D eigenvalue weighted by Gasteiger charge is -2.39. The molecule has 30 heavy (non-hydrogen) atoms. The van der Waals surface area contributed by atoms with Gasteiger partial charge in [-0.1, -0.05) is 31.2 Å². The third-order valence-electron chi connectivity index (χ3n) is 7.49. The number of aliphatic carboxylic acids is 1. The van der Waals surface area contributed by atoms with Gasteiger partial charge < -0.3 is 21.1 Å². The minimum atomic E-state index is -0.985. The Labute approximate surface area is 177 Å². The first kappa shape index (κ1) is 20.8. The van der Waals surface area contributed by atoms with E-state index in [1.54, 1.807) is 4.90 Å². The molecule has 2 heterocycles. The molecule has 4 rings (SSSR count). The predicted octanol–water partition coefficient (Wildman–Crippen LogP) is 1.51. The molecule has 4 unspecified atom stereocenters. The highest BCUT2D eigenvalue weighted by atomic mass is 16.4. The Morgan fingerprint density at radius 2 is 1.83 bits per heavy atom. The zero-order valence-electron chi connectivity index (χ0n) is 17.5. The van der Waals surface area contributed by atoms with Gasteiger partial charge in [0.25, 0.3) is 0 Å². The van der Waals surface area contributed by atoms with E-state index in [9.17, 15) is 19.5 Å². The molecule has 1 spiro atoms. The van der Waals surface area contributed by atoms with E-state index in [0.717, 1.165) is 19.3 Å². The van der Waals surface area contributed by atoms with Crippen LogP contribution in [0.3, 0.4) is 0 Å². The normalized spacial score (nSPS) is 31.5. The van der Waals surface area contributed by atoms with E-state index in [0.29, 0.717) is 38.4 Å². The Morgan fingerprint density at radius 3 is 2.37 bits per heavy atom. The molecule has 4 N–H and O–H groups in total. The third kappa shape index (κ3) is 3.83. The Hall–Kier alpha value is -2.41. The van der Waals surface area contributed by atoms with Crippen LogP contribution in [0.2, 0.25) is 0 Å². The first-order chi connectivity index (χ1) is 14.3. The van der Waals surface area contributed by atoms with Crippen LogP contribution in [0.5, 0.6) is 0 Å². The smallest absolute Gasteiger partial charge is 0.308 e. The van der Waals surface area contributed by atoms with Crippen LogP contribution in [0.25, 0.3) is 0 Å². The molecule has 162 valence electrons. The fourth-order valence-corrected chi connectivity index (χ4v) is 5.40. The average molecular weight is 414 g/mol. The summed E-state index contributed by atoms with van der Waals surface area (Å²) in [6.07, 6.45) is 3.74. The van der Waals surface area contributed by atoms with Crippen LogP contribution < -0.4 is 11.1 Å². The van der Waals surface area contributed by atoms with E-state index in [1.807, 2.05) is 0 Å². The summed E-state index contributed by atoms with van der Waals surface area (Å²) in [5, 5.41) is 12.9. The van der Waals surface area contributed by atoms with Gasteiger partial charge in [-0.25, -0.2) is 0 Å². The number of primary amides is 1. The standard InChI is InChI=1S/C23H31N3O4/c1-2-14-3-5-15(6-4-14)16-7-9-26(10-8-16)21(28)19-17(22(29)30)11-23(13-25-19)12-18(23)20(24)27/h3-6,16-19,25H,2,7-13H2,1H3,(H2,24,27)(H,29,30). The Bertz CT molecular complexity index is 831. The van der Waals surface area contributed by atoms with Crippen molar-refractivity contribution in [3.05, 3.63) is 35.4 Å². The zero-order chi connectivity index (χ0) is 21.5. The van der Waals surface area contributed by atoms with Crippen LogP contribution in [-0.4, -0.2) is 53.5 Å². The van der Waals surface area contributed by atoms with Gasteiger partial charge in [-0.05, 0) is 54.6 Å². The maximum atomic E-state index is 13.1. The molecular weight excluding hydrogens is 382 g/mol. The lowest BCUT2D eigenvalue weighted by atomic mass is 9.80. The Kier molecular flexibility index (Phi) is 5.57. The predicted molar refractivity (Wildman–Crippen MR) is 112 cm³/mol.